The molecular weight excluding hydrogens is 266 g/mol. The lowest BCUT2D eigenvalue weighted by Crippen LogP contribution is -2.19. The first-order valence-corrected chi connectivity index (χ1v) is 5.62. The fourth-order valence-electron chi connectivity index (χ4n) is 1.94. The second-order valence-electron chi connectivity index (χ2n) is 3.76. The zero-order valence-electron chi connectivity index (χ0n) is 8.26. The van der Waals surface area contributed by atoms with Crippen molar-refractivity contribution in [2.24, 2.45) is 0 Å². The molecule has 2 aromatic carbocycles. The molecule has 0 saturated heterocycles. The Bertz CT molecular complexity index is 646. The Kier molecular flexibility index (Phi) is 1.88. The van der Waals surface area contributed by atoms with Crippen molar-refractivity contribution in [3.05, 3.63) is 45.9 Å². The van der Waals surface area contributed by atoms with Crippen LogP contribution < -0.4 is 5.32 Å². The molecule has 3 rings (SSSR count). The predicted octanol–water partition coefficient (Wildman–Crippen LogP) is 2.86. The van der Waals surface area contributed by atoms with Crippen molar-refractivity contribution in [1.82, 2.24) is 5.32 Å². The lowest BCUT2D eigenvalue weighted by Gasteiger charge is -2.02. The monoisotopic (exact) mass is 273 g/mol. The zero-order chi connectivity index (χ0) is 11.3. The molecule has 4 heteroatoms. The molecule has 0 spiro atoms. The third-order valence-corrected chi connectivity index (χ3v) is 3.22. The summed E-state index contributed by atoms with van der Waals surface area (Å²) in [6.07, 6.45) is 0. The van der Waals surface area contributed by atoms with E-state index in [4.69, 9.17) is 10.8 Å². The molecule has 1 aliphatic rings. The van der Waals surface area contributed by atoms with Crippen molar-refractivity contribution in [2.45, 2.75) is 0 Å². The highest BCUT2D eigenvalue weighted by Gasteiger charge is 2.21. The highest BCUT2D eigenvalue weighted by atomic mass is 79.9. The number of benzene rings is 2. The summed E-state index contributed by atoms with van der Waals surface area (Å²) in [5.41, 5.74) is 1.61. The van der Waals surface area contributed by atoms with Crippen LogP contribution in [-0.2, 0) is 0 Å². The molecule has 0 fully saturated rings. The molecule has 0 radical (unpaired) electrons. The Labute approximate surface area is 101 Å². The van der Waals surface area contributed by atoms with Crippen molar-refractivity contribution < 1.29 is 0 Å². The summed E-state index contributed by atoms with van der Waals surface area (Å²) in [5.74, 6) is 0.617. The average Bonchev–Trinajstić information content (AvgIpc) is 2.52. The number of nitrogens with one attached hydrogen (secondary N) is 3. The van der Waals surface area contributed by atoms with E-state index in [0.29, 0.717) is 11.7 Å². The number of hydrogen-bond donors (Lipinski definition) is 3. The number of amidine groups is 2. The van der Waals surface area contributed by atoms with E-state index < -0.39 is 0 Å². The first-order chi connectivity index (χ1) is 7.65. The summed E-state index contributed by atoms with van der Waals surface area (Å²) in [4.78, 5) is 0. The number of hydrogen-bond acceptors (Lipinski definition) is 2. The third kappa shape index (κ3) is 1.27. The van der Waals surface area contributed by atoms with E-state index in [0.717, 1.165) is 26.4 Å². The fraction of sp³-hybridized carbons (Fsp3) is 0. The summed E-state index contributed by atoms with van der Waals surface area (Å²) in [7, 11) is 0. The molecule has 0 aromatic heterocycles. The molecule has 3 nitrogen and oxygen atoms in total. The molecule has 1 heterocycles. The van der Waals surface area contributed by atoms with Gasteiger partial charge in [-0.15, -0.1) is 0 Å². The van der Waals surface area contributed by atoms with E-state index >= 15 is 0 Å². The number of fused-ring (bicyclic) bond motifs is 2. The molecule has 0 saturated carbocycles. The van der Waals surface area contributed by atoms with E-state index in [1.165, 1.54) is 0 Å². The fourth-order valence-corrected chi connectivity index (χ4v) is 2.32. The van der Waals surface area contributed by atoms with Crippen LogP contribution in [0, 0.1) is 10.8 Å². The lowest BCUT2D eigenvalue weighted by atomic mass is 10.0. The Morgan fingerprint density at radius 3 is 2.19 bits per heavy atom. The normalized spacial score (nSPS) is 14.1. The van der Waals surface area contributed by atoms with E-state index in [1.54, 1.807) is 0 Å². The summed E-state index contributed by atoms with van der Waals surface area (Å²) in [5, 5.41) is 20.3. The van der Waals surface area contributed by atoms with Crippen LogP contribution in [0.1, 0.15) is 11.1 Å². The van der Waals surface area contributed by atoms with Crippen LogP contribution in [0.4, 0.5) is 0 Å². The summed E-state index contributed by atoms with van der Waals surface area (Å²) < 4.78 is 1.02. The van der Waals surface area contributed by atoms with Gasteiger partial charge in [0.1, 0.15) is 11.7 Å². The molecular formula is C12H8BrN3. The summed E-state index contributed by atoms with van der Waals surface area (Å²) in [6, 6.07) is 9.91. The molecule has 2 aromatic rings. The molecule has 0 bridgehead atoms. The third-order valence-electron chi connectivity index (χ3n) is 2.73. The summed E-state index contributed by atoms with van der Waals surface area (Å²) in [6.45, 7) is 0. The standard InChI is InChI=1S/C12H8BrN3/c13-8-2-1-6-4-9-10(5-7(6)3-8)12(15)16-11(9)14/h1-5H,(H3,14,15,16). The molecule has 3 N–H and O–H groups in total. The minimum Gasteiger partial charge on any atom is -0.325 e. The Morgan fingerprint density at radius 1 is 0.875 bits per heavy atom. The average molecular weight is 274 g/mol. The van der Waals surface area contributed by atoms with Crippen molar-refractivity contribution in [3.8, 4) is 0 Å². The second kappa shape index (κ2) is 3.15. The Balaban J connectivity index is 2.38. The van der Waals surface area contributed by atoms with Crippen LogP contribution in [0.15, 0.2) is 34.8 Å². The minimum atomic E-state index is 0.307. The molecule has 0 atom stereocenters. The molecule has 1 aliphatic heterocycles. The van der Waals surface area contributed by atoms with Gasteiger partial charge in [0.25, 0.3) is 0 Å². The van der Waals surface area contributed by atoms with E-state index in [1.807, 2.05) is 30.3 Å². The highest BCUT2D eigenvalue weighted by molar-refractivity contribution is 9.10. The maximum absolute atomic E-state index is 7.73. The maximum atomic E-state index is 7.73. The zero-order valence-corrected chi connectivity index (χ0v) is 9.85. The second-order valence-corrected chi connectivity index (χ2v) is 4.68. The van der Waals surface area contributed by atoms with E-state index in [2.05, 4.69) is 21.2 Å². The lowest BCUT2D eigenvalue weighted by molar-refractivity contribution is 1.29. The van der Waals surface area contributed by atoms with Gasteiger partial charge in [-0.05, 0) is 35.0 Å². The van der Waals surface area contributed by atoms with Crippen molar-refractivity contribution >= 4 is 38.4 Å². The maximum Gasteiger partial charge on any atom is 0.131 e. The van der Waals surface area contributed by atoms with Gasteiger partial charge in [0.15, 0.2) is 0 Å². The molecule has 16 heavy (non-hydrogen) atoms. The van der Waals surface area contributed by atoms with Gasteiger partial charge in [0.2, 0.25) is 0 Å². The van der Waals surface area contributed by atoms with Gasteiger partial charge >= 0.3 is 0 Å². The van der Waals surface area contributed by atoms with Gasteiger partial charge in [-0.25, -0.2) is 0 Å². The van der Waals surface area contributed by atoms with Crippen LogP contribution in [0.25, 0.3) is 10.8 Å². The largest absolute Gasteiger partial charge is 0.325 e. The number of rotatable bonds is 0. The van der Waals surface area contributed by atoms with Crippen molar-refractivity contribution in [2.75, 3.05) is 0 Å². The van der Waals surface area contributed by atoms with Crippen molar-refractivity contribution in [1.29, 1.82) is 10.8 Å². The topological polar surface area (TPSA) is 59.7 Å². The molecule has 78 valence electrons. The number of halogens is 1. The van der Waals surface area contributed by atoms with Gasteiger partial charge < -0.3 is 5.32 Å². The van der Waals surface area contributed by atoms with Gasteiger partial charge in [-0.1, -0.05) is 22.0 Å². The van der Waals surface area contributed by atoms with Gasteiger partial charge in [-0.3, -0.25) is 10.8 Å². The van der Waals surface area contributed by atoms with E-state index in [9.17, 15) is 0 Å². The smallest absolute Gasteiger partial charge is 0.131 e. The highest BCUT2D eigenvalue weighted by Crippen LogP contribution is 2.25. The van der Waals surface area contributed by atoms with Crippen LogP contribution in [0.3, 0.4) is 0 Å². The summed E-state index contributed by atoms with van der Waals surface area (Å²) >= 11 is 3.43. The molecule has 0 amide bonds. The quantitative estimate of drug-likeness (QED) is 0.679. The van der Waals surface area contributed by atoms with E-state index in [-0.39, 0.29) is 0 Å². The first kappa shape index (κ1) is 9.54. The predicted molar refractivity (Wildman–Crippen MR) is 68.4 cm³/mol. The first-order valence-electron chi connectivity index (χ1n) is 4.83. The Morgan fingerprint density at radius 2 is 1.50 bits per heavy atom. The van der Waals surface area contributed by atoms with Gasteiger partial charge in [0.05, 0.1) is 0 Å². The molecule has 0 unspecified atom stereocenters. The molecule has 0 aliphatic carbocycles. The van der Waals surface area contributed by atoms with Crippen LogP contribution in [-0.4, -0.2) is 11.7 Å². The van der Waals surface area contributed by atoms with Crippen LogP contribution in [0.5, 0.6) is 0 Å². The van der Waals surface area contributed by atoms with Gasteiger partial charge in [0, 0.05) is 15.6 Å². The van der Waals surface area contributed by atoms with Crippen molar-refractivity contribution in [3.63, 3.8) is 0 Å². The van der Waals surface area contributed by atoms with Crippen LogP contribution >= 0.6 is 15.9 Å². The SMILES string of the molecule is N=C1NC(=N)c2cc3cc(Br)ccc3cc21. The minimum absolute atomic E-state index is 0.307. The Hall–Kier alpha value is -1.68. The van der Waals surface area contributed by atoms with Crippen LogP contribution in [0.2, 0.25) is 0 Å². The van der Waals surface area contributed by atoms with Gasteiger partial charge in [-0.2, -0.15) is 0 Å².